The number of rotatable bonds is 5. The third-order valence-electron chi connectivity index (χ3n) is 4.24. The van der Waals surface area contributed by atoms with Crippen LogP contribution in [0.25, 0.3) is 22.0 Å². The number of hydrogen-bond acceptors (Lipinski definition) is 6. The van der Waals surface area contributed by atoms with E-state index >= 15 is 0 Å². The van der Waals surface area contributed by atoms with Crippen molar-refractivity contribution >= 4 is 16.6 Å². The van der Waals surface area contributed by atoms with E-state index in [1.54, 1.807) is 24.3 Å². The minimum absolute atomic E-state index is 0.00699. The van der Waals surface area contributed by atoms with Crippen molar-refractivity contribution in [3.63, 3.8) is 0 Å². The monoisotopic (exact) mass is 393 g/mol. The molecule has 3 rings (SSSR count). The van der Waals surface area contributed by atoms with Crippen LogP contribution < -0.4 is 5.32 Å². The van der Waals surface area contributed by atoms with Crippen LogP contribution >= 0.6 is 0 Å². The summed E-state index contributed by atoms with van der Waals surface area (Å²) in [6, 6.07) is 9.57. The normalized spacial score (nSPS) is 14.1. The first-order valence-electron chi connectivity index (χ1n) is 8.35. The van der Waals surface area contributed by atoms with Gasteiger partial charge in [0.25, 0.3) is 0 Å². The fourth-order valence-corrected chi connectivity index (χ4v) is 2.67. The number of aliphatic hydroxyl groups excluding tert-OH is 1. The Kier molecular flexibility index (Phi) is 5.14. The van der Waals surface area contributed by atoms with Crippen molar-refractivity contribution in [3.8, 4) is 17.0 Å². The van der Waals surface area contributed by atoms with Gasteiger partial charge in [0.2, 0.25) is 0 Å². The van der Waals surface area contributed by atoms with Gasteiger partial charge in [-0.3, -0.25) is 0 Å². The van der Waals surface area contributed by atoms with Crippen molar-refractivity contribution in [2.45, 2.75) is 18.7 Å². The van der Waals surface area contributed by atoms with Gasteiger partial charge in [-0.2, -0.15) is 13.2 Å². The molecule has 0 radical (unpaired) electrons. The number of aromatic nitrogens is 2. The van der Waals surface area contributed by atoms with Gasteiger partial charge in [-0.15, -0.1) is 10.2 Å². The fraction of sp³-hybridized carbons (Fsp3) is 0.263. The van der Waals surface area contributed by atoms with E-state index < -0.39 is 29.7 Å². The van der Waals surface area contributed by atoms with E-state index in [0.29, 0.717) is 22.7 Å². The van der Waals surface area contributed by atoms with Crippen LogP contribution in [-0.2, 0) is 6.18 Å². The summed E-state index contributed by atoms with van der Waals surface area (Å²) in [6.07, 6.45) is -4.57. The van der Waals surface area contributed by atoms with E-state index in [1.165, 1.54) is 6.92 Å². The summed E-state index contributed by atoms with van der Waals surface area (Å²) >= 11 is 0. The lowest BCUT2D eigenvalue weighted by molar-refractivity contribution is -0.137. The number of nitrogens with zero attached hydrogens (tertiary/aromatic N) is 2. The molecule has 0 unspecified atom stereocenters. The van der Waals surface area contributed by atoms with Crippen LogP contribution in [0.2, 0.25) is 0 Å². The van der Waals surface area contributed by atoms with Gasteiger partial charge >= 0.3 is 6.18 Å². The van der Waals surface area contributed by atoms with E-state index in [1.807, 2.05) is 0 Å². The van der Waals surface area contributed by atoms with Crippen LogP contribution in [0, 0.1) is 0 Å². The topological polar surface area (TPSA) is 98.5 Å². The summed E-state index contributed by atoms with van der Waals surface area (Å²) in [5.74, 6) is -0.224. The maximum Gasteiger partial charge on any atom is 0.416 e. The Morgan fingerprint density at radius 2 is 1.71 bits per heavy atom. The number of phenolic OH excluding ortho intramolecular Hbond substituents is 1. The maximum absolute atomic E-state index is 12.8. The molecule has 148 valence electrons. The molecule has 1 heterocycles. The summed E-state index contributed by atoms with van der Waals surface area (Å²) in [6.45, 7) is 1.00. The Hall–Kier alpha value is -2.91. The van der Waals surface area contributed by atoms with Crippen molar-refractivity contribution in [3.05, 3.63) is 48.0 Å². The highest BCUT2D eigenvalue weighted by Crippen LogP contribution is 2.38. The molecule has 4 N–H and O–H groups in total. The molecule has 0 saturated carbocycles. The third-order valence-corrected chi connectivity index (χ3v) is 4.24. The Bertz CT molecular complexity index is 1010. The van der Waals surface area contributed by atoms with Crippen molar-refractivity contribution in [1.29, 1.82) is 0 Å². The Morgan fingerprint density at radius 1 is 1.04 bits per heavy atom. The second kappa shape index (κ2) is 7.25. The summed E-state index contributed by atoms with van der Waals surface area (Å²) in [5.41, 5.74) is -1.99. The zero-order chi connectivity index (χ0) is 20.5. The van der Waals surface area contributed by atoms with Crippen LogP contribution in [-0.4, -0.2) is 44.3 Å². The predicted octanol–water partition coefficient (Wildman–Crippen LogP) is 3.18. The molecule has 1 atom stereocenters. The number of halogens is 3. The summed E-state index contributed by atoms with van der Waals surface area (Å²) in [7, 11) is 0. The maximum atomic E-state index is 12.8. The summed E-state index contributed by atoms with van der Waals surface area (Å²) in [5, 5.41) is 41.4. The van der Waals surface area contributed by atoms with Crippen molar-refractivity contribution < 1.29 is 28.5 Å². The number of aliphatic hydroxyl groups is 2. The number of phenols is 1. The molecular weight excluding hydrogens is 375 g/mol. The average Bonchev–Trinajstić information content (AvgIpc) is 2.65. The first kappa shape index (κ1) is 19.8. The standard InChI is InChI=1S/C19H18F3N3O3/c1-18(28,10-26)9-23-17-13-5-3-2-4-12(13)16(24-25-17)14-7-6-11(8-15(14)27)19(20,21)22/h2-8,26-28H,9-10H2,1H3,(H,23,25)/t18-/m1/s1. The van der Waals surface area contributed by atoms with Crippen LogP contribution in [0.3, 0.4) is 0 Å². The van der Waals surface area contributed by atoms with E-state index in [-0.39, 0.29) is 17.8 Å². The molecule has 0 bridgehead atoms. The lowest BCUT2D eigenvalue weighted by Crippen LogP contribution is -2.37. The minimum Gasteiger partial charge on any atom is -0.507 e. The molecule has 0 saturated heterocycles. The van der Waals surface area contributed by atoms with E-state index in [0.717, 1.165) is 12.1 Å². The Balaban J connectivity index is 2.06. The molecule has 28 heavy (non-hydrogen) atoms. The molecule has 0 fully saturated rings. The molecule has 9 heteroatoms. The predicted molar refractivity (Wildman–Crippen MR) is 97.8 cm³/mol. The highest BCUT2D eigenvalue weighted by Gasteiger charge is 2.31. The Morgan fingerprint density at radius 3 is 2.32 bits per heavy atom. The summed E-state index contributed by atoms with van der Waals surface area (Å²) < 4.78 is 38.5. The molecule has 0 aliphatic heterocycles. The van der Waals surface area contributed by atoms with Gasteiger partial charge in [-0.1, -0.05) is 24.3 Å². The SMILES string of the molecule is C[C@](O)(CO)CNc1nnc(-c2ccc(C(F)(F)F)cc2O)c2ccccc12. The van der Waals surface area contributed by atoms with E-state index in [2.05, 4.69) is 15.5 Å². The molecule has 0 aliphatic rings. The van der Waals surface area contributed by atoms with E-state index in [9.17, 15) is 23.4 Å². The van der Waals surface area contributed by atoms with Gasteiger partial charge in [0.05, 0.1) is 12.2 Å². The molecule has 0 spiro atoms. The molecule has 1 aromatic heterocycles. The van der Waals surface area contributed by atoms with Crippen LogP contribution in [0.5, 0.6) is 5.75 Å². The Labute approximate surface area is 158 Å². The number of aromatic hydroxyl groups is 1. The second-order valence-corrected chi connectivity index (χ2v) is 6.68. The number of fused-ring (bicyclic) bond motifs is 1. The van der Waals surface area contributed by atoms with Crippen molar-refractivity contribution in [1.82, 2.24) is 10.2 Å². The largest absolute Gasteiger partial charge is 0.507 e. The lowest BCUT2D eigenvalue weighted by atomic mass is 10.0. The zero-order valence-electron chi connectivity index (χ0n) is 14.8. The first-order valence-corrected chi connectivity index (χ1v) is 8.35. The number of hydrogen-bond donors (Lipinski definition) is 4. The fourth-order valence-electron chi connectivity index (χ4n) is 2.67. The van der Waals surface area contributed by atoms with Crippen LogP contribution in [0.15, 0.2) is 42.5 Å². The highest BCUT2D eigenvalue weighted by molar-refractivity contribution is 6.00. The zero-order valence-corrected chi connectivity index (χ0v) is 14.8. The molecule has 6 nitrogen and oxygen atoms in total. The number of alkyl halides is 3. The lowest BCUT2D eigenvalue weighted by Gasteiger charge is -2.21. The molecular formula is C19H18F3N3O3. The molecule has 0 amide bonds. The highest BCUT2D eigenvalue weighted by atomic mass is 19.4. The molecule has 0 aliphatic carbocycles. The molecule has 3 aromatic rings. The number of benzene rings is 2. The third kappa shape index (κ3) is 4.00. The smallest absolute Gasteiger partial charge is 0.416 e. The van der Waals surface area contributed by atoms with E-state index in [4.69, 9.17) is 5.11 Å². The van der Waals surface area contributed by atoms with Gasteiger partial charge in [-0.25, -0.2) is 0 Å². The van der Waals surface area contributed by atoms with Gasteiger partial charge in [0.1, 0.15) is 17.0 Å². The van der Waals surface area contributed by atoms with Gasteiger partial charge in [0, 0.05) is 22.9 Å². The van der Waals surface area contributed by atoms with Gasteiger partial charge < -0.3 is 20.6 Å². The quantitative estimate of drug-likeness (QED) is 0.532. The van der Waals surface area contributed by atoms with Crippen LogP contribution in [0.4, 0.5) is 19.0 Å². The number of nitrogens with one attached hydrogen (secondary N) is 1. The van der Waals surface area contributed by atoms with Crippen LogP contribution in [0.1, 0.15) is 12.5 Å². The molecule has 2 aromatic carbocycles. The van der Waals surface area contributed by atoms with Crippen molar-refractivity contribution in [2.24, 2.45) is 0 Å². The number of anilines is 1. The van der Waals surface area contributed by atoms with Crippen molar-refractivity contribution in [2.75, 3.05) is 18.5 Å². The average molecular weight is 393 g/mol. The van der Waals surface area contributed by atoms with Gasteiger partial charge in [0.15, 0.2) is 5.82 Å². The summed E-state index contributed by atoms with van der Waals surface area (Å²) in [4.78, 5) is 0. The minimum atomic E-state index is -4.57. The second-order valence-electron chi connectivity index (χ2n) is 6.68. The van der Waals surface area contributed by atoms with Gasteiger partial charge in [-0.05, 0) is 25.1 Å². The first-order chi connectivity index (χ1) is 13.1.